The van der Waals surface area contributed by atoms with E-state index >= 15 is 0 Å². The molecule has 2 aromatic carbocycles. The molecule has 7 nitrogen and oxygen atoms in total. The lowest BCUT2D eigenvalue weighted by atomic mass is 10.0. The smallest absolute Gasteiger partial charge is 0.305 e. The van der Waals surface area contributed by atoms with E-state index in [9.17, 15) is 19.7 Å². The maximum Gasteiger partial charge on any atom is 0.305 e. The minimum atomic E-state index is -1.12. The van der Waals surface area contributed by atoms with Gasteiger partial charge in [-0.05, 0) is 23.8 Å². The fraction of sp³-hybridized carbons (Fsp3) is 0.125. The van der Waals surface area contributed by atoms with E-state index in [1.807, 2.05) is 0 Å². The van der Waals surface area contributed by atoms with E-state index in [-0.39, 0.29) is 12.1 Å². The van der Waals surface area contributed by atoms with E-state index in [2.05, 4.69) is 21.2 Å². The van der Waals surface area contributed by atoms with E-state index in [1.54, 1.807) is 30.3 Å². The number of nitro groups is 1. The monoisotopic (exact) mass is 392 g/mol. The maximum atomic E-state index is 12.3. The van der Waals surface area contributed by atoms with Gasteiger partial charge in [-0.25, -0.2) is 0 Å². The highest BCUT2D eigenvalue weighted by Crippen LogP contribution is 2.22. The summed E-state index contributed by atoms with van der Waals surface area (Å²) in [7, 11) is 0. The van der Waals surface area contributed by atoms with Crippen LogP contribution in [0.1, 0.15) is 28.4 Å². The highest BCUT2D eigenvalue weighted by molar-refractivity contribution is 9.10. The van der Waals surface area contributed by atoms with Crippen LogP contribution in [-0.2, 0) is 4.79 Å². The second kappa shape index (κ2) is 7.69. The lowest BCUT2D eigenvalue weighted by Crippen LogP contribution is -2.30. The number of nitrogens with zero attached hydrogens (tertiary/aromatic N) is 1. The van der Waals surface area contributed by atoms with E-state index in [0.29, 0.717) is 15.6 Å². The van der Waals surface area contributed by atoms with Gasteiger partial charge in [-0.1, -0.05) is 34.1 Å². The molecule has 124 valence electrons. The topological polar surface area (TPSA) is 110 Å². The molecule has 0 fully saturated rings. The highest BCUT2D eigenvalue weighted by Gasteiger charge is 2.21. The van der Waals surface area contributed by atoms with Crippen LogP contribution in [0.4, 0.5) is 5.69 Å². The number of rotatable bonds is 6. The van der Waals surface area contributed by atoms with Crippen molar-refractivity contribution in [3.8, 4) is 0 Å². The molecule has 8 heteroatoms. The Labute approximate surface area is 145 Å². The number of carboxylic acid groups (broad SMARTS) is 1. The number of nitro benzene ring substituents is 1. The standard InChI is InChI=1S/C16H13BrN2O5/c17-12-5-1-4-11(7-12)16(22)18-14(9-15(20)21)10-3-2-6-13(8-10)19(23)24/h1-8,14H,9H2,(H,18,22)(H,20,21)/t14-/m0/s1. The molecule has 0 spiro atoms. The minimum absolute atomic E-state index is 0.167. The first-order valence-electron chi connectivity index (χ1n) is 6.89. The number of carbonyl (C=O) groups excluding carboxylic acids is 1. The summed E-state index contributed by atoms with van der Waals surface area (Å²) in [5, 5.41) is 22.5. The normalized spacial score (nSPS) is 11.5. The summed E-state index contributed by atoms with van der Waals surface area (Å²) in [6.07, 6.45) is -0.388. The molecule has 0 heterocycles. The number of non-ortho nitro benzene ring substituents is 1. The molecule has 0 saturated carbocycles. The molecule has 0 saturated heterocycles. The fourth-order valence-electron chi connectivity index (χ4n) is 2.15. The van der Waals surface area contributed by atoms with Gasteiger partial charge in [0.25, 0.3) is 11.6 Å². The molecule has 2 aromatic rings. The molecule has 0 radical (unpaired) electrons. The summed E-state index contributed by atoms with van der Waals surface area (Å²) >= 11 is 3.26. The Morgan fingerprint density at radius 1 is 1.21 bits per heavy atom. The summed E-state index contributed by atoms with van der Waals surface area (Å²) in [4.78, 5) is 33.7. The van der Waals surface area contributed by atoms with Crippen LogP contribution in [0.15, 0.2) is 53.0 Å². The SMILES string of the molecule is O=C(O)C[C@H](NC(=O)c1cccc(Br)c1)c1cccc([N+](=O)[O-])c1. The lowest BCUT2D eigenvalue weighted by molar-refractivity contribution is -0.384. The second-order valence-electron chi connectivity index (χ2n) is 4.99. The van der Waals surface area contributed by atoms with Crippen molar-refractivity contribution in [2.24, 2.45) is 0 Å². The first-order chi connectivity index (χ1) is 11.4. The zero-order valence-electron chi connectivity index (χ0n) is 12.3. The summed E-state index contributed by atoms with van der Waals surface area (Å²) in [5.41, 5.74) is 0.541. The van der Waals surface area contributed by atoms with Gasteiger partial charge in [0.1, 0.15) is 0 Å². The van der Waals surface area contributed by atoms with Gasteiger partial charge in [-0.3, -0.25) is 19.7 Å². The third kappa shape index (κ3) is 4.63. The fourth-order valence-corrected chi connectivity index (χ4v) is 2.55. The summed E-state index contributed by atoms with van der Waals surface area (Å²) in [6, 6.07) is 11.3. The minimum Gasteiger partial charge on any atom is -0.481 e. The molecule has 0 aromatic heterocycles. The van der Waals surface area contributed by atoms with Gasteiger partial charge in [0, 0.05) is 22.2 Å². The predicted octanol–water partition coefficient (Wildman–Crippen LogP) is 3.30. The zero-order valence-corrected chi connectivity index (χ0v) is 13.9. The Balaban J connectivity index is 2.28. The number of nitrogens with one attached hydrogen (secondary N) is 1. The molecule has 1 amide bonds. The third-order valence-corrected chi connectivity index (χ3v) is 3.75. The van der Waals surface area contributed by atoms with Gasteiger partial charge < -0.3 is 10.4 Å². The quantitative estimate of drug-likeness (QED) is 0.578. The number of hydrogen-bond acceptors (Lipinski definition) is 4. The Hall–Kier alpha value is -2.74. The Kier molecular flexibility index (Phi) is 5.64. The van der Waals surface area contributed by atoms with Crippen LogP contribution in [-0.4, -0.2) is 21.9 Å². The maximum absolute atomic E-state index is 12.3. The number of carboxylic acids is 1. The molecule has 24 heavy (non-hydrogen) atoms. The molecule has 1 atom stereocenters. The van der Waals surface area contributed by atoms with Crippen LogP contribution < -0.4 is 5.32 Å². The molecule has 0 unspecified atom stereocenters. The Morgan fingerprint density at radius 3 is 2.54 bits per heavy atom. The van der Waals surface area contributed by atoms with Gasteiger partial charge in [-0.2, -0.15) is 0 Å². The first kappa shape index (κ1) is 17.6. The van der Waals surface area contributed by atoms with Crippen LogP contribution in [0.3, 0.4) is 0 Å². The highest BCUT2D eigenvalue weighted by atomic mass is 79.9. The predicted molar refractivity (Wildman–Crippen MR) is 89.7 cm³/mol. The number of amides is 1. The van der Waals surface area contributed by atoms with Crippen molar-refractivity contribution in [1.29, 1.82) is 0 Å². The van der Waals surface area contributed by atoms with Crippen molar-refractivity contribution in [3.05, 3.63) is 74.2 Å². The van der Waals surface area contributed by atoms with Crippen molar-refractivity contribution < 1.29 is 19.6 Å². The van der Waals surface area contributed by atoms with Gasteiger partial charge in [0.15, 0.2) is 0 Å². The molecular weight excluding hydrogens is 380 g/mol. The summed E-state index contributed by atoms with van der Waals surface area (Å²) in [6.45, 7) is 0. The van der Waals surface area contributed by atoms with Crippen molar-refractivity contribution in [1.82, 2.24) is 5.32 Å². The Morgan fingerprint density at radius 2 is 1.92 bits per heavy atom. The van der Waals surface area contributed by atoms with Crippen LogP contribution in [0.5, 0.6) is 0 Å². The second-order valence-corrected chi connectivity index (χ2v) is 5.90. The van der Waals surface area contributed by atoms with Crippen molar-refractivity contribution in [2.45, 2.75) is 12.5 Å². The molecule has 0 aliphatic heterocycles. The van der Waals surface area contributed by atoms with Crippen molar-refractivity contribution in [2.75, 3.05) is 0 Å². The number of benzene rings is 2. The summed E-state index contributed by atoms with van der Waals surface area (Å²) < 4.78 is 0.709. The largest absolute Gasteiger partial charge is 0.481 e. The van der Waals surface area contributed by atoms with Crippen molar-refractivity contribution in [3.63, 3.8) is 0 Å². The van der Waals surface area contributed by atoms with Gasteiger partial charge in [0.2, 0.25) is 0 Å². The van der Waals surface area contributed by atoms with Gasteiger partial charge in [-0.15, -0.1) is 0 Å². The number of hydrogen-bond donors (Lipinski definition) is 2. The average Bonchev–Trinajstić information content (AvgIpc) is 2.54. The van der Waals surface area contributed by atoms with Gasteiger partial charge >= 0.3 is 5.97 Å². The lowest BCUT2D eigenvalue weighted by Gasteiger charge is -2.17. The van der Waals surface area contributed by atoms with E-state index in [0.717, 1.165) is 0 Å². The zero-order chi connectivity index (χ0) is 17.7. The molecule has 0 aliphatic rings. The molecule has 0 aliphatic carbocycles. The van der Waals surface area contributed by atoms with Crippen LogP contribution in [0.2, 0.25) is 0 Å². The van der Waals surface area contributed by atoms with Crippen molar-refractivity contribution >= 4 is 33.5 Å². The third-order valence-electron chi connectivity index (χ3n) is 3.25. The van der Waals surface area contributed by atoms with Crippen LogP contribution in [0.25, 0.3) is 0 Å². The van der Waals surface area contributed by atoms with E-state index in [4.69, 9.17) is 5.11 Å². The average molecular weight is 393 g/mol. The van der Waals surface area contributed by atoms with Crippen LogP contribution in [0, 0.1) is 10.1 Å². The van der Waals surface area contributed by atoms with Crippen LogP contribution >= 0.6 is 15.9 Å². The molecule has 2 N–H and O–H groups in total. The van der Waals surface area contributed by atoms with E-state index < -0.39 is 22.8 Å². The van der Waals surface area contributed by atoms with Gasteiger partial charge in [0.05, 0.1) is 17.4 Å². The first-order valence-corrected chi connectivity index (χ1v) is 7.68. The summed E-state index contributed by atoms with van der Waals surface area (Å²) in [5.74, 6) is -1.59. The molecule has 2 rings (SSSR count). The number of aliphatic carboxylic acids is 1. The molecule has 0 bridgehead atoms. The number of halogens is 1. The number of carbonyl (C=O) groups is 2. The van der Waals surface area contributed by atoms with E-state index in [1.165, 1.54) is 18.2 Å². The molecular formula is C16H13BrN2O5. The Bertz CT molecular complexity index is 794.